The van der Waals surface area contributed by atoms with Gasteiger partial charge in [-0.2, -0.15) is 9.40 Å². The number of piperazine rings is 1. The summed E-state index contributed by atoms with van der Waals surface area (Å²) >= 11 is 0. The number of H-pyrrole nitrogens is 1. The van der Waals surface area contributed by atoms with Gasteiger partial charge in [0.15, 0.2) is 5.03 Å². The molecule has 0 amide bonds. The molecule has 1 fully saturated rings. The first-order valence-corrected chi connectivity index (χ1v) is 8.43. The van der Waals surface area contributed by atoms with E-state index >= 15 is 0 Å². The fraction of sp³-hybridized carbons (Fsp3) is 0.750. The quantitative estimate of drug-likeness (QED) is 0.763. The lowest BCUT2D eigenvalue weighted by Gasteiger charge is -2.33. The van der Waals surface area contributed by atoms with Gasteiger partial charge < -0.3 is 10.2 Å². The van der Waals surface area contributed by atoms with Gasteiger partial charge >= 0.3 is 0 Å². The molecule has 2 N–H and O–H groups in total. The lowest BCUT2D eigenvalue weighted by atomic mass is 10.3. The molecule has 1 aromatic rings. The lowest BCUT2D eigenvalue weighted by molar-refractivity contribution is 0.188. The molecule has 1 aliphatic heterocycles. The van der Waals surface area contributed by atoms with E-state index in [4.69, 9.17) is 0 Å². The molecule has 0 atom stereocenters. The van der Waals surface area contributed by atoms with Crippen molar-refractivity contribution in [3.8, 4) is 0 Å². The van der Waals surface area contributed by atoms with Crippen LogP contribution >= 0.6 is 0 Å². The molecular weight excluding hydrogens is 278 g/mol. The van der Waals surface area contributed by atoms with Crippen LogP contribution in [0.4, 0.5) is 0 Å². The van der Waals surface area contributed by atoms with Crippen LogP contribution in [0.15, 0.2) is 11.2 Å². The second-order valence-corrected chi connectivity index (χ2v) is 6.88. The molecule has 2 rings (SSSR count). The van der Waals surface area contributed by atoms with Crippen LogP contribution in [0.25, 0.3) is 0 Å². The molecule has 8 heteroatoms. The standard InChI is InChI=1S/C12H23N5O2S/c1-3-4-16-5-7-17(8-6-16)20(18,19)12-11(9-13-2)10-14-15-12/h10,13H,3-9H2,1-2H3,(H,14,15). The number of aromatic nitrogens is 2. The van der Waals surface area contributed by atoms with Crippen molar-refractivity contribution in [3.05, 3.63) is 11.8 Å². The third-order valence-corrected chi connectivity index (χ3v) is 5.43. The Morgan fingerprint density at radius 1 is 1.35 bits per heavy atom. The Bertz CT molecular complexity index is 520. The zero-order valence-electron chi connectivity index (χ0n) is 12.1. The van der Waals surface area contributed by atoms with E-state index in [-0.39, 0.29) is 5.03 Å². The third kappa shape index (κ3) is 3.20. The summed E-state index contributed by atoms with van der Waals surface area (Å²) in [6.07, 6.45) is 2.66. The SMILES string of the molecule is CCCN1CCN(S(=O)(=O)c2[nH]ncc2CNC)CC1. The molecule has 2 heterocycles. The molecule has 0 bridgehead atoms. The molecule has 1 saturated heterocycles. The van der Waals surface area contributed by atoms with Gasteiger partial charge in [0.25, 0.3) is 10.0 Å². The van der Waals surface area contributed by atoms with Crippen molar-refractivity contribution in [2.75, 3.05) is 39.8 Å². The van der Waals surface area contributed by atoms with Crippen LogP contribution in [0.5, 0.6) is 0 Å². The topological polar surface area (TPSA) is 81.3 Å². The predicted molar refractivity (Wildman–Crippen MR) is 76.8 cm³/mol. The molecule has 7 nitrogen and oxygen atoms in total. The van der Waals surface area contributed by atoms with Gasteiger partial charge in [-0.25, -0.2) is 8.42 Å². The highest BCUT2D eigenvalue weighted by Gasteiger charge is 2.31. The highest BCUT2D eigenvalue weighted by Crippen LogP contribution is 2.19. The van der Waals surface area contributed by atoms with Crippen LogP contribution in [0.3, 0.4) is 0 Å². The van der Waals surface area contributed by atoms with E-state index in [1.807, 2.05) is 0 Å². The first-order valence-electron chi connectivity index (χ1n) is 6.99. The minimum atomic E-state index is -3.46. The average Bonchev–Trinajstić information content (AvgIpc) is 2.89. The number of nitrogens with zero attached hydrogens (tertiary/aromatic N) is 3. The van der Waals surface area contributed by atoms with Crippen molar-refractivity contribution in [2.24, 2.45) is 0 Å². The highest BCUT2D eigenvalue weighted by molar-refractivity contribution is 7.89. The largest absolute Gasteiger partial charge is 0.316 e. The Balaban J connectivity index is 2.09. The number of rotatable bonds is 6. The van der Waals surface area contributed by atoms with Gasteiger partial charge in [-0.3, -0.25) is 5.10 Å². The number of sulfonamides is 1. The first kappa shape index (κ1) is 15.4. The molecule has 0 aromatic carbocycles. The zero-order valence-corrected chi connectivity index (χ0v) is 12.9. The second kappa shape index (κ2) is 6.66. The first-order chi connectivity index (χ1) is 9.59. The minimum absolute atomic E-state index is 0.218. The van der Waals surface area contributed by atoms with E-state index in [1.54, 1.807) is 17.5 Å². The Kier molecular flexibility index (Phi) is 5.14. The zero-order chi connectivity index (χ0) is 14.6. The maximum atomic E-state index is 12.6. The van der Waals surface area contributed by atoms with Gasteiger partial charge in [-0.15, -0.1) is 0 Å². The molecule has 0 saturated carbocycles. The van der Waals surface area contributed by atoms with Crippen LogP contribution in [0.1, 0.15) is 18.9 Å². The Hall–Kier alpha value is -0.960. The summed E-state index contributed by atoms with van der Waals surface area (Å²) in [4.78, 5) is 2.30. The van der Waals surface area contributed by atoms with Crippen LogP contribution in [-0.2, 0) is 16.6 Å². The maximum Gasteiger partial charge on any atom is 0.260 e. The molecule has 0 spiro atoms. The van der Waals surface area contributed by atoms with Crippen molar-refractivity contribution in [3.63, 3.8) is 0 Å². The summed E-state index contributed by atoms with van der Waals surface area (Å²) in [5.74, 6) is 0. The van der Waals surface area contributed by atoms with E-state index in [1.165, 1.54) is 0 Å². The van der Waals surface area contributed by atoms with Gasteiger partial charge in [0.2, 0.25) is 0 Å². The molecular formula is C12H23N5O2S. The van der Waals surface area contributed by atoms with Gasteiger partial charge in [0, 0.05) is 38.3 Å². The van der Waals surface area contributed by atoms with E-state index in [0.29, 0.717) is 25.2 Å². The summed E-state index contributed by atoms with van der Waals surface area (Å²) in [5.41, 5.74) is 0.684. The summed E-state index contributed by atoms with van der Waals surface area (Å²) in [6.45, 7) is 6.33. The summed E-state index contributed by atoms with van der Waals surface area (Å²) in [7, 11) is -1.68. The van der Waals surface area contributed by atoms with E-state index in [2.05, 4.69) is 27.3 Å². The molecule has 0 radical (unpaired) electrons. The van der Waals surface area contributed by atoms with E-state index in [9.17, 15) is 8.42 Å². The number of aromatic amines is 1. The average molecular weight is 301 g/mol. The van der Waals surface area contributed by atoms with Crippen LogP contribution < -0.4 is 5.32 Å². The molecule has 0 aliphatic carbocycles. The van der Waals surface area contributed by atoms with Crippen LogP contribution in [0, 0.1) is 0 Å². The normalized spacial score (nSPS) is 18.5. The van der Waals surface area contributed by atoms with Crippen molar-refractivity contribution < 1.29 is 8.42 Å². The molecule has 20 heavy (non-hydrogen) atoms. The number of nitrogens with one attached hydrogen (secondary N) is 2. The van der Waals surface area contributed by atoms with Crippen LogP contribution in [-0.4, -0.2) is 67.6 Å². The van der Waals surface area contributed by atoms with Gasteiger partial charge in [-0.05, 0) is 20.0 Å². The van der Waals surface area contributed by atoms with Gasteiger partial charge in [-0.1, -0.05) is 6.92 Å². The van der Waals surface area contributed by atoms with Crippen molar-refractivity contribution in [1.29, 1.82) is 0 Å². The molecule has 1 aliphatic rings. The van der Waals surface area contributed by atoms with Crippen molar-refractivity contribution >= 4 is 10.0 Å². The van der Waals surface area contributed by atoms with E-state index < -0.39 is 10.0 Å². The van der Waals surface area contributed by atoms with Crippen molar-refractivity contribution in [1.82, 2.24) is 24.7 Å². The fourth-order valence-corrected chi connectivity index (χ4v) is 4.00. The fourth-order valence-electron chi connectivity index (χ4n) is 2.48. The highest BCUT2D eigenvalue weighted by atomic mass is 32.2. The maximum absolute atomic E-state index is 12.6. The third-order valence-electron chi connectivity index (χ3n) is 3.51. The minimum Gasteiger partial charge on any atom is -0.316 e. The smallest absolute Gasteiger partial charge is 0.260 e. The molecule has 114 valence electrons. The van der Waals surface area contributed by atoms with E-state index in [0.717, 1.165) is 26.1 Å². The lowest BCUT2D eigenvalue weighted by Crippen LogP contribution is -2.48. The summed E-state index contributed by atoms with van der Waals surface area (Å²) in [5, 5.41) is 9.67. The summed E-state index contributed by atoms with van der Waals surface area (Å²) in [6, 6.07) is 0. The number of hydrogen-bond acceptors (Lipinski definition) is 5. The molecule has 1 aromatic heterocycles. The second-order valence-electron chi connectivity index (χ2n) is 5.00. The Labute approximate surface area is 120 Å². The Morgan fingerprint density at radius 3 is 2.65 bits per heavy atom. The van der Waals surface area contributed by atoms with Crippen LogP contribution in [0.2, 0.25) is 0 Å². The monoisotopic (exact) mass is 301 g/mol. The summed E-state index contributed by atoms with van der Waals surface area (Å²) < 4.78 is 26.8. The number of hydrogen-bond donors (Lipinski definition) is 2. The van der Waals surface area contributed by atoms with Crippen molar-refractivity contribution in [2.45, 2.75) is 24.9 Å². The predicted octanol–water partition coefficient (Wildman–Crippen LogP) is -0.155. The van der Waals surface area contributed by atoms with Gasteiger partial charge in [0.1, 0.15) is 0 Å². The Morgan fingerprint density at radius 2 is 2.05 bits per heavy atom. The van der Waals surface area contributed by atoms with Gasteiger partial charge in [0.05, 0.1) is 6.20 Å². The molecule has 0 unspecified atom stereocenters.